The first-order chi connectivity index (χ1) is 9.18. The Kier molecular flexibility index (Phi) is 3.00. The number of aromatic nitrogens is 1. The van der Waals surface area contributed by atoms with Crippen molar-refractivity contribution < 1.29 is 19.5 Å². The lowest BCUT2D eigenvalue weighted by Gasteiger charge is -2.38. The van der Waals surface area contributed by atoms with Gasteiger partial charge in [-0.05, 0) is 12.1 Å². The molecule has 0 radical (unpaired) electrons. The third kappa shape index (κ3) is 1.91. The summed E-state index contributed by atoms with van der Waals surface area (Å²) in [6.45, 7) is 5.39. The van der Waals surface area contributed by atoms with Crippen LogP contribution in [0, 0.1) is 5.41 Å². The summed E-state index contributed by atoms with van der Waals surface area (Å²) in [5, 5.41) is 13.7. The van der Waals surface area contributed by atoms with Gasteiger partial charge >= 0.3 is 12.0 Å². The second-order valence-electron chi connectivity index (χ2n) is 5.65. The van der Waals surface area contributed by atoms with Gasteiger partial charge in [-0.15, -0.1) is 0 Å². The van der Waals surface area contributed by atoms with Crippen LogP contribution in [-0.4, -0.2) is 28.0 Å². The topological polar surface area (TPSA) is 108 Å². The molecule has 20 heavy (non-hydrogen) atoms. The normalized spacial score (nSPS) is 22.4. The molecule has 1 aromatic heterocycles. The number of carbonyl (C=O) groups excluding carboxylic acids is 2. The molecular formula is C13H15N3O4. The van der Waals surface area contributed by atoms with E-state index in [0.717, 1.165) is 0 Å². The molecule has 7 heteroatoms. The number of urea groups is 1. The fourth-order valence-electron chi connectivity index (χ4n) is 2.29. The quantitative estimate of drug-likeness (QED) is 0.695. The van der Waals surface area contributed by atoms with Crippen LogP contribution in [-0.2, 0) is 10.3 Å². The highest BCUT2D eigenvalue weighted by atomic mass is 16.4. The average Bonchev–Trinajstić information content (AvgIpc) is 2.65. The van der Waals surface area contributed by atoms with Crippen molar-refractivity contribution >= 4 is 17.9 Å². The number of nitrogens with zero attached hydrogens (tertiary/aromatic N) is 1. The number of pyridine rings is 1. The highest BCUT2D eigenvalue weighted by molar-refractivity contribution is 6.07. The first-order valence-electron chi connectivity index (χ1n) is 6.02. The van der Waals surface area contributed by atoms with Gasteiger partial charge in [-0.2, -0.15) is 0 Å². The van der Waals surface area contributed by atoms with Crippen molar-refractivity contribution in [2.24, 2.45) is 5.41 Å². The maximum atomic E-state index is 12.2. The SMILES string of the molecule is CC(C)(C)C1(c2ccc(C(=O)O)cn2)NC(=O)NC1=O. The van der Waals surface area contributed by atoms with Crippen LogP contribution in [0.25, 0.3) is 0 Å². The molecule has 1 aliphatic rings. The zero-order chi connectivity index (χ0) is 15.1. The Balaban J connectivity index is 2.56. The van der Waals surface area contributed by atoms with Crippen molar-refractivity contribution in [3.8, 4) is 0 Å². The Morgan fingerprint density at radius 1 is 1.30 bits per heavy atom. The van der Waals surface area contributed by atoms with Crippen LogP contribution in [0.3, 0.4) is 0 Å². The molecule has 2 rings (SSSR count). The van der Waals surface area contributed by atoms with Gasteiger partial charge < -0.3 is 10.4 Å². The van der Waals surface area contributed by atoms with Crippen molar-refractivity contribution in [2.45, 2.75) is 26.3 Å². The van der Waals surface area contributed by atoms with E-state index in [2.05, 4.69) is 15.6 Å². The third-order valence-electron chi connectivity index (χ3n) is 3.39. The zero-order valence-corrected chi connectivity index (χ0v) is 11.4. The minimum Gasteiger partial charge on any atom is -0.478 e. The molecule has 0 aromatic carbocycles. The maximum absolute atomic E-state index is 12.2. The molecule has 0 saturated carbocycles. The Bertz CT molecular complexity index is 589. The van der Waals surface area contributed by atoms with E-state index < -0.39 is 28.9 Å². The van der Waals surface area contributed by atoms with Gasteiger partial charge in [-0.3, -0.25) is 15.1 Å². The van der Waals surface area contributed by atoms with E-state index in [1.54, 1.807) is 20.8 Å². The van der Waals surface area contributed by atoms with E-state index in [4.69, 9.17) is 5.11 Å². The summed E-state index contributed by atoms with van der Waals surface area (Å²) in [4.78, 5) is 38.6. The smallest absolute Gasteiger partial charge is 0.337 e. The van der Waals surface area contributed by atoms with E-state index >= 15 is 0 Å². The van der Waals surface area contributed by atoms with Gasteiger partial charge in [0.1, 0.15) is 0 Å². The molecule has 1 atom stereocenters. The van der Waals surface area contributed by atoms with Crippen LogP contribution in [0.4, 0.5) is 4.79 Å². The van der Waals surface area contributed by atoms with Crippen molar-refractivity contribution in [2.75, 3.05) is 0 Å². The molecule has 3 amide bonds. The summed E-state index contributed by atoms with van der Waals surface area (Å²) >= 11 is 0. The number of carboxylic acids is 1. The van der Waals surface area contributed by atoms with Crippen molar-refractivity contribution in [1.82, 2.24) is 15.6 Å². The fraction of sp³-hybridized carbons (Fsp3) is 0.385. The van der Waals surface area contributed by atoms with Gasteiger partial charge in [-0.25, -0.2) is 9.59 Å². The summed E-state index contributed by atoms with van der Waals surface area (Å²) in [5.41, 5.74) is -1.64. The number of carbonyl (C=O) groups is 3. The molecule has 1 saturated heterocycles. The van der Waals surface area contributed by atoms with E-state index in [-0.39, 0.29) is 5.56 Å². The van der Waals surface area contributed by atoms with Gasteiger partial charge in [-0.1, -0.05) is 20.8 Å². The molecule has 1 aliphatic heterocycles. The molecule has 1 unspecified atom stereocenters. The van der Waals surface area contributed by atoms with Crippen LogP contribution >= 0.6 is 0 Å². The minimum absolute atomic E-state index is 0.0162. The number of carboxylic acid groups (broad SMARTS) is 1. The van der Waals surface area contributed by atoms with E-state index in [1.165, 1.54) is 18.3 Å². The minimum atomic E-state index is -1.32. The van der Waals surface area contributed by atoms with Gasteiger partial charge in [0.15, 0.2) is 5.54 Å². The lowest BCUT2D eigenvalue weighted by Crippen LogP contribution is -2.54. The molecule has 7 nitrogen and oxygen atoms in total. The monoisotopic (exact) mass is 277 g/mol. The van der Waals surface area contributed by atoms with Gasteiger partial charge in [0.25, 0.3) is 5.91 Å². The molecule has 2 heterocycles. The highest BCUT2D eigenvalue weighted by Crippen LogP contribution is 2.40. The molecule has 0 aliphatic carbocycles. The lowest BCUT2D eigenvalue weighted by molar-refractivity contribution is -0.128. The lowest BCUT2D eigenvalue weighted by atomic mass is 9.71. The number of hydrogen-bond donors (Lipinski definition) is 3. The predicted octanol–water partition coefficient (Wildman–Crippen LogP) is 0.861. The molecule has 1 fully saturated rings. The highest BCUT2D eigenvalue weighted by Gasteiger charge is 2.56. The summed E-state index contributed by atoms with van der Waals surface area (Å²) in [6.07, 6.45) is 1.17. The summed E-state index contributed by atoms with van der Waals surface area (Å²) in [6, 6.07) is 2.21. The second-order valence-corrected chi connectivity index (χ2v) is 5.65. The largest absolute Gasteiger partial charge is 0.478 e. The zero-order valence-electron chi connectivity index (χ0n) is 11.4. The van der Waals surface area contributed by atoms with E-state index in [9.17, 15) is 14.4 Å². The first-order valence-corrected chi connectivity index (χ1v) is 6.02. The second kappa shape index (κ2) is 4.29. The number of imide groups is 1. The van der Waals surface area contributed by atoms with Gasteiger partial charge in [0, 0.05) is 11.6 Å². The Labute approximate surface area is 115 Å². The molecule has 3 N–H and O–H groups in total. The van der Waals surface area contributed by atoms with Gasteiger partial charge in [0.05, 0.1) is 11.3 Å². The third-order valence-corrected chi connectivity index (χ3v) is 3.39. The maximum Gasteiger partial charge on any atom is 0.337 e. The van der Waals surface area contributed by atoms with Gasteiger partial charge in [0.2, 0.25) is 0 Å². The molecule has 106 valence electrons. The number of amides is 3. The van der Waals surface area contributed by atoms with E-state index in [0.29, 0.717) is 5.69 Å². The van der Waals surface area contributed by atoms with Crippen LogP contribution in [0.2, 0.25) is 0 Å². The van der Waals surface area contributed by atoms with Crippen LogP contribution in [0.15, 0.2) is 18.3 Å². The molecule has 0 spiro atoms. The molecular weight excluding hydrogens is 262 g/mol. The van der Waals surface area contributed by atoms with Crippen molar-refractivity contribution in [1.29, 1.82) is 0 Å². The Morgan fingerprint density at radius 2 is 1.95 bits per heavy atom. The molecule has 1 aromatic rings. The van der Waals surface area contributed by atoms with Crippen molar-refractivity contribution in [3.05, 3.63) is 29.6 Å². The number of rotatable bonds is 2. The van der Waals surface area contributed by atoms with Crippen LogP contribution in [0.5, 0.6) is 0 Å². The fourth-order valence-corrected chi connectivity index (χ4v) is 2.29. The molecule has 0 bridgehead atoms. The summed E-state index contributed by atoms with van der Waals surface area (Å²) in [5.74, 6) is -1.60. The number of nitrogens with one attached hydrogen (secondary N) is 2. The predicted molar refractivity (Wildman–Crippen MR) is 69.0 cm³/mol. The standard InChI is InChI=1S/C13H15N3O4/c1-12(2,3)13(10(19)15-11(20)16-13)8-5-4-7(6-14-8)9(17)18/h4-6H,1-3H3,(H,17,18)(H2,15,16,19,20). The Morgan fingerprint density at radius 3 is 2.30 bits per heavy atom. The summed E-state index contributed by atoms with van der Waals surface area (Å²) < 4.78 is 0. The number of aromatic carboxylic acids is 1. The first kappa shape index (κ1) is 14.0. The number of hydrogen-bond acceptors (Lipinski definition) is 4. The Hall–Kier alpha value is -2.44. The van der Waals surface area contributed by atoms with Crippen LogP contribution < -0.4 is 10.6 Å². The van der Waals surface area contributed by atoms with Crippen molar-refractivity contribution in [3.63, 3.8) is 0 Å². The van der Waals surface area contributed by atoms with Crippen LogP contribution in [0.1, 0.15) is 36.8 Å². The summed E-state index contributed by atoms with van der Waals surface area (Å²) in [7, 11) is 0. The average molecular weight is 277 g/mol. The van der Waals surface area contributed by atoms with E-state index in [1.807, 2.05) is 0 Å².